The fraction of sp³-hybridized carbons (Fsp3) is 0.429. The van der Waals surface area contributed by atoms with Gasteiger partial charge in [0.1, 0.15) is 0 Å². The molecule has 1 aliphatic carbocycles. The zero-order valence-electron chi connectivity index (χ0n) is 10.8. The van der Waals surface area contributed by atoms with Crippen molar-refractivity contribution in [3.05, 3.63) is 36.2 Å². The Bertz CT molecular complexity index is 574. The lowest BCUT2D eigenvalue weighted by atomic mass is 10.2. The van der Waals surface area contributed by atoms with E-state index in [0.717, 1.165) is 30.5 Å². The molecule has 5 heteroatoms. The second-order valence-corrected chi connectivity index (χ2v) is 4.97. The smallest absolute Gasteiger partial charge is 0.221 e. The van der Waals surface area contributed by atoms with Crippen molar-refractivity contribution in [2.75, 3.05) is 6.54 Å². The largest absolute Gasteiger partial charge is 0.353 e. The van der Waals surface area contributed by atoms with E-state index in [4.69, 9.17) is 0 Å². The Kier molecular flexibility index (Phi) is 3.46. The lowest BCUT2D eigenvalue weighted by Crippen LogP contribution is -2.28. The standard InChI is InChI=1S/C14H18N4O/c19-14(17-12-4-5-12)6-7-15-9-11-10-16-18-8-2-1-3-13(11)18/h1-3,8,10,12,15H,4-7,9H2,(H,17,19). The SMILES string of the molecule is O=C(CCNCc1cnn2ccccc12)NC1CC1. The molecule has 3 rings (SSSR count). The highest BCUT2D eigenvalue weighted by atomic mass is 16.1. The monoisotopic (exact) mass is 258 g/mol. The Morgan fingerprint density at radius 1 is 1.42 bits per heavy atom. The summed E-state index contributed by atoms with van der Waals surface area (Å²) in [4.78, 5) is 11.5. The molecule has 0 spiro atoms. The number of fused-ring (bicyclic) bond motifs is 1. The maximum atomic E-state index is 11.5. The van der Waals surface area contributed by atoms with Crippen molar-refractivity contribution in [1.29, 1.82) is 0 Å². The molecule has 2 aromatic rings. The molecule has 0 radical (unpaired) electrons. The number of hydrogen-bond donors (Lipinski definition) is 2. The second-order valence-electron chi connectivity index (χ2n) is 4.97. The van der Waals surface area contributed by atoms with E-state index in [-0.39, 0.29) is 5.91 Å². The van der Waals surface area contributed by atoms with Gasteiger partial charge in [-0.05, 0) is 25.0 Å². The van der Waals surface area contributed by atoms with Gasteiger partial charge in [-0.2, -0.15) is 5.10 Å². The summed E-state index contributed by atoms with van der Waals surface area (Å²) in [6, 6.07) is 6.46. The number of nitrogens with zero attached hydrogens (tertiary/aromatic N) is 2. The van der Waals surface area contributed by atoms with Crippen molar-refractivity contribution >= 4 is 11.4 Å². The van der Waals surface area contributed by atoms with E-state index in [9.17, 15) is 4.79 Å². The Hall–Kier alpha value is -1.88. The van der Waals surface area contributed by atoms with E-state index in [1.54, 1.807) is 0 Å². The van der Waals surface area contributed by atoms with Gasteiger partial charge in [0.15, 0.2) is 0 Å². The molecule has 0 aliphatic heterocycles. The molecule has 2 heterocycles. The van der Waals surface area contributed by atoms with Gasteiger partial charge in [0.2, 0.25) is 5.91 Å². The summed E-state index contributed by atoms with van der Waals surface area (Å²) in [5.41, 5.74) is 2.26. The van der Waals surface area contributed by atoms with Crippen molar-refractivity contribution in [3.8, 4) is 0 Å². The van der Waals surface area contributed by atoms with E-state index in [2.05, 4.69) is 15.7 Å². The molecule has 0 unspecified atom stereocenters. The minimum Gasteiger partial charge on any atom is -0.353 e. The number of nitrogens with one attached hydrogen (secondary N) is 2. The van der Waals surface area contributed by atoms with Crippen LogP contribution in [-0.2, 0) is 11.3 Å². The first kappa shape index (κ1) is 12.2. The fourth-order valence-electron chi connectivity index (χ4n) is 2.08. The van der Waals surface area contributed by atoms with Crippen LogP contribution in [0.1, 0.15) is 24.8 Å². The van der Waals surface area contributed by atoms with Crippen LogP contribution in [0.25, 0.3) is 5.52 Å². The molecule has 0 atom stereocenters. The van der Waals surface area contributed by atoms with Gasteiger partial charge in [0.05, 0.1) is 11.7 Å². The van der Waals surface area contributed by atoms with Crippen molar-refractivity contribution in [1.82, 2.24) is 20.2 Å². The third-order valence-corrected chi connectivity index (χ3v) is 3.29. The van der Waals surface area contributed by atoms with Gasteiger partial charge >= 0.3 is 0 Å². The van der Waals surface area contributed by atoms with Crippen LogP contribution in [0.5, 0.6) is 0 Å². The number of aromatic nitrogens is 2. The third-order valence-electron chi connectivity index (χ3n) is 3.29. The van der Waals surface area contributed by atoms with Crippen molar-refractivity contribution in [3.63, 3.8) is 0 Å². The molecule has 19 heavy (non-hydrogen) atoms. The molecule has 0 aromatic carbocycles. The molecule has 1 aliphatic rings. The van der Waals surface area contributed by atoms with Crippen molar-refractivity contribution in [2.45, 2.75) is 31.8 Å². The van der Waals surface area contributed by atoms with Crippen LogP contribution >= 0.6 is 0 Å². The van der Waals surface area contributed by atoms with Crippen molar-refractivity contribution < 1.29 is 4.79 Å². The topological polar surface area (TPSA) is 58.4 Å². The van der Waals surface area contributed by atoms with Crippen LogP contribution in [0.3, 0.4) is 0 Å². The summed E-state index contributed by atoms with van der Waals surface area (Å²) in [6.45, 7) is 1.44. The molecular formula is C14H18N4O. The first-order valence-corrected chi connectivity index (χ1v) is 6.74. The Morgan fingerprint density at radius 3 is 3.16 bits per heavy atom. The maximum Gasteiger partial charge on any atom is 0.221 e. The van der Waals surface area contributed by atoms with Gasteiger partial charge < -0.3 is 10.6 Å². The summed E-state index contributed by atoms with van der Waals surface area (Å²) >= 11 is 0. The van der Waals surface area contributed by atoms with Crippen molar-refractivity contribution in [2.24, 2.45) is 0 Å². The zero-order valence-corrected chi connectivity index (χ0v) is 10.8. The summed E-state index contributed by atoms with van der Waals surface area (Å²) in [5.74, 6) is 0.148. The highest BCUT2D eigenvalue weighted by Gasteiger charge is 2.22. The van der Waals surface area contributed by atoms with Gasteiger partial charge in [0.25, 0.3) is 0 Å². The Labute approximate surface area is 112 Å². The normalized spacial score (nSPS) is 14.7. The van der Waals surface area contributed by atoms with Gasteiger partial charge in [-0.3, -0.25) is 4.79 Å². The molecule has 5 nitrogen and oxygen atoms in total. The average Bonchev–Trinajstić information content (AvgIpc) is 3.14. The van der Waals surface area contributed by atoms with E-state index in [1.807, 2.05) is 35.1 Å². The Balaban J connectivity index is 1.45. The van der Waals surface area contributed by atoms with E-state index in [1.165, 1.54) is 0 Å². The lowest BCUT2D eigenvalue weighted by molar-refractivity contribution is -0.121. The molecule has 1 fully saturated rings. The average molecular weight is 258 g/mol. The number of pyridine rings is 1. The van der Waals surface area contributed by atoms with Gasteiger partial charge in [-0.1, -0.05) is 6.07 Å². The number of carbonyl (C=O) groups excluding carboxylic acids is 1. The molecular weight excluding hydrogens is 240 g/mol. The molecule has 0 saturated heterocycles. The number of rotatable bonds is 6. The first-order chi connectivity index (χ1) is 9.33. The predicted octanol–water partition coefficient (Wildman–Crippen LogP) is 1.09. The maximum absolute atomic E-state index is 11.5. The van der Waals surface area contributed by atoms with Crippen LogP contribution in [0.2, 0.25) is 0 Å². The molecule has 100 valence electrons. The minimum absolute atomic E-state index is 0.148. The second kappa shape index (κ2) is 5.40. The van der Waals surface area contributed by atoms with Crippen LogP contribution < -0.4 is 10.6 Å². The number of carbonyl (C=O) groups is 1. The van der Waals surface area contributed by atoms with Crippen LogP contribution in [0, 0.1) is 0 Å². The zero-order chi connectivity index (χ0) is 13.1. The van der Waals surface area contributed by atoms with Crippen LogP contribution in [0.4, 0.5) is 0 Å². The molecule has 2 N–H and O–H groups in total. The number of hydrogen-bond acceptors (Lipinski definition) is 3. The molecule has 1 amide bonds. The van der Waals surface area contributed by atoms with E-state index < -0.39 is 0 Å². The summed E-state index contributed by atoms with van der Waals surface area (Å²) in [7, 11) is 0. The summed E-state index contributed by atoms with van der Waals surface area (Å²) in [6.07, 6.45) is 6.62. The van der Waals surface area contributed by atoms with Crippen LogP contribution in [0.15, 0.2) is 30.6 Å². The van der Waals surface area contributed by atoms with Gasteiger partial charge in [-0.25, -0.2) is 4.52 Å². The Morgan fingerprint density at radius 2 is 2.32 bits per heavy atom. The molecule has 0 bridgehead atoms. The highest BCUT2D eigenvalue weighted by molar-refractivity contribution is 5.76. The predicted molar refractivity (Wildman–Crippen MR) is 72.7 cm³/mol. The highest BCUT2D eigenvalue weighted by Crippen LogP contribution is 2.18. The molecule has 2 aromatic heterocycles. The fourth-order valence-corrected chi connectivity index (χ4v) is 2.08. The van der Waals surface area contributed by atoms with E-state index in [0.29, 0.717) is 19.0 Å². The quantitative estimate of drug-likeness (QED) is 0.763. The summed E-state index contributed by atoms with van der Waals surface area (Å²) < 4.78 is 1.86. The van der Waals surface area contributed by atoms with Crippen LogP contribution in [-0.4, -0.2) is 28.1 Å². The molecule has 1 saturated carbocycles. The van der Waals surface area contributed by atoms with E-state index >= 15 is 0 Å². The summed E-state index contributed by atoms with van der Waals surface area (Å²) in [5, 5.41) is 10.5. The lowest BCUT2D eigenvalue weighted by Gasteiger charge is -2.04. The minimum atomic E-state index is 0.148. The van der Waals surface area contributed by atoms with Gasteiger partial charge in [0, 0.05) is 37.3 Å². The number of amides is 1. The first-order valence-electron chi connectivity index (χ1n) is 6.74. The van der Waals surface area contributed by atoms with Gasteiger partial charge in [-0.15, -0.1) is 0 Å². The third kappa shape index (κ3) is 3.12.